The molecule has 0 aromatic rings. The van der Waals surface area contributed by atoms with Gasteiger partial charge in [-0.25, -0.2) is 14.4 Å². The summed E-state index contributed by atoms with van der Waals surface area (Å²) < 4.78 is 67.6. The van der Waals surface area contributed by atoms with Crippen molar-refractivity contribution in [3.05, 3.63) is 34.9 Å². The maximum Gasteiger partial charge on any atom is 0.333 e. The van der Waals surface area contributed by atoms with Crippen molar-refractivity contribution >= 4 is 23.9 Å². The molecule has 4 saturated carbocycles. The number of aliphatic hydroxyl groups is 11. The van der Waals surface area contributed by atoms with Gasteiger partial charge in [-0.05, 0) is 124 Å². The minimum Gasteiger partial charge on any atom is -0.479 e. The maximum absolute atomic E-state index is 13.5. The zero-order chi connectivity index (χ0) is 68.1. The van der Waals surface area contributed by atoms with E-state index in [4.69, 9.17) is 52.1 Å². The lowest BCUT2D eigenvalue weighted by Crippen LogP contribution is -2.73. The average Bonchev–Trinajstić information content (AvgIpc) is 0.727. The van der Waals surface area contributed by atoms with Crippen molar-refractivity contribution in [2.45, 2.75) is 276 Å². The summed E-state index contributed by atoms with van der Waals surface area (Å²) in [5.41, 5.74) is -3.60. The molecule has 0 aromatic carbocycles. The third-order valence-electron chi connectivity index (χ3n) is 23.6. The molecule has 12 N–H and O–H groups in total. The van der Waals surface area contributed by atoms with E-state index in [1.54, 1.807) is 33.8 Å². The molecule has 27 nitrogen and oxygen atoms in total. The molecule has 4 aliphatic heterocycles. The molecule has 522 valence electrons. The van der Waals surface area contributed by atoms with Gasteiger partial charge in [0.15, 0.2) is 49.6 Å². The van der Waals surface area contributed by atoms with Crippen LogP contribution in [0.2, 0.25) is 0 Å². The van der Waals surface area contributed by atoms with Gasteiger partial charge < -0.3 is 113 Å². The smallest absolute Gasteiger partial charge is 0.333 e. The molecule has 29 atom stereocenters. The zero-order valence-electron chi connectivity index (χ0n) is 54.9. The molecule has 0 bridgehead atoms. The molecule has 92 heavy (non-hydrogen) atoms. The Morgan fingerprint density at radius 3 is 1.76 bits per heavy atom. The van der Waals surface area contributed by atoms with Crippen LogP contribution >= 0.6 is 0 Å². The van der Waals surface area contributed by atoms with Crippen molar-refractivity contribution in [2.75, 3.05) is 19.8 Å². The zero-order valence-corrected chi connectivity index (χ0v) is 54.9. The van der Waals surface area contributed by atoms with E-state index in [2.05, 4.69) is 26.8 Å². The summed E-state index contributed by atoms with van der Waals surface area (Å²) in [7, 11) is 0. The molecule has 9 aliphatic rings. The molecule has 0 spiro atoms. The predicted molar refractivity (Wildman–Crippen MR) is 316 cm³/mol. The Morgan fingerprint density at radius 2 is 1.18 bits per heavy atom. The summed E-state index contributed by atoms with van der Waals surface area (Å²) in [6.07, 6.45) is -26.4. The van der Waals surface area contributed by atoms with Crippen molar-refractivity contribution in [2.24, 2.45) is 50.2 Å². The topological polar surface area (TPSA) is 413 Å². The van der Waals surface area contributed by atoms with Crippen LogP contribution in [0.4, 0.5) is 0 Å². The van der Waals surface area contributed by atoms with Crippen LogP contribution in [0.15, 0.2) is 34.9 Å². The standard InChI is InChI=1S/C65H100O27/c1-14-28(3)53(79)88-47-30(5)82-56(46(76)48(47)89-54(80)29(4)15-2)90-49-50(83-31(6)69)64(27-68)33(22-59(49,7)8)32-16-17-38-61(11)20-19-40(60(9,10)37(61)18-21-62(38,12)63(32,13)24-39(64)70)87-58-51(91-55-45(75)43(73)41(71)35(25-66)85-55)65(81,23-34(84-58)52(77)78)92-57-44(74)42(72)36(26-67)86-57/h14-16,30,33-51,55-58,66-68,70-76,81H,17-27H2,1-13H3,(H,77,78)/b28-14-,29-15-/t30?,33?,34?,35?,36-,37?,38?,39+,40-,41-,42?,43?,44?,45?,46?,47-,48?,49-,50-,51?,55-,56-,57?,58-,61-,62+,63+,64-,65?/m0/s1. The fraction of sp³-hybridized carbons (Fsp3) is 0.846. The molecule has 9 rings (SSSR count). The summed E-state index contributed by atoms with van der Waals surface area (Å²) in [6, 6.07) is 0. The third kappa shape index (κ3) is 12.2. The first-order valence-electron chi connectivity index (χ1n) is 32.3. The van der Waals surface area contributed by atoms with Gasteiger partial charge in [0.2, 0.25) is 5.79 Å². The van der Waals surface area contributed by atoms with Crippen LogP contribution < -0.4 is 0 Å². The van der Waals surface area contributed by atoms with Gasteiger partial charge in [-0.2, -0.15) is 0 Å². The quantitative estimate of drug-likeness (QED) is 0.0242. The van der Waals surface area contributed by atoms with E-state index in [1.807, 2.05) is 27.7 Å². The van der Waals surface area contributed by atoms with E-state index < -0.39 is 223 Å². The molecule has 4 heterocycles. The Labute approximate surface area is 535 Å². The molecule has 0 amide bonds. The number of hydrogen-bond donors (Lipinski definition) is 12. The summed E-state index contributed by atoms with van der Waals surface area (Å²) in [6.45, 7) is 21.4. The summed E-state index contributed by atoms with van der Waals surface area (Å²) in [5.74, 6) is -7.49. The van der Waals surface area contributed by atoms with Crippen molar-refractivity contribution < 1.29 is 133 Å². The monoisotopic (exact) mass is 1310 g/mol. The Hall–Kier alpha value is -3.66. The van der Waals surface area contributed by atoms with E-state index in [9.17, 15) is 80.5 Å². The predicted octanol–water partition coefficient (Wildman–Crippen LogP) is 1.06. The highest BCUT2D eigenvalue weighted by Gasteiger charge is 2.74. The first-order chi connectivity index (χ1) is 42.9. The van der Waals surface area contributed by atoms with Crippen molar-refractivity contribution in [1.29, 1.82) is 0 Å². The number of ether oxygens (including phenoxy) is 11. The number of carboxylic acid groups (broad SMARTS) is 1. The highest BCUT2D eigenvalue weighted by molar-refractivity contribution is 5.88. The molecule has 0 radical (unpaired) electrons. The van der Waals surface area contributed by atoms with Crippen LogP contribution in [0, 0.1) is 50.2 Å². The number of fused-ring (bicyclic) bond motifs is 7. The molecule has 15 unspecified atom stereocenters. The van der Waals surface area contributed by atoms with Gasteiger partial charge in [-0.3, -0.25) is 4.79 Å². The van der Waals surface area contributed by atoms with Gasteiger partial charge in [0.05, 0.1) is 43.5 Å². The molecule has 4 saturated heterocycles. The first kappa shape index (κ1) is 72.6. The van der Waals surface area contributed by atoms with E-state index in [0.717, 1.165) is 5.57 Å². The van der Waals surface area contributed by atoms with Gasteiger partial charge in [-0.1, -0.05) is 72.3 Å². The molecule has 0 aromatic heterocycles. The Morgan fingerprint density at radius 1 is 0.620 bits per heavy atom. The number of aliphatic carboxylic acids is 1. The number of carbonyl (C=O) groups is 4. The van der Waals surface area contributed by atoms with Crippen LogP contribution in [-0.4, -0.2) is 240 Å². The molecular formula is C65H100O27. The van der Waals surface area contributed by atoms with Crippen LogP contribution in [0.25, 0.3) is 0 Å². The number of esters is 3. The van der Waals surface area contributed by atoms with Gasteiger partial charge >= 0.3 is 23.9 Å². The summed E-state index contributed by atoms with van der Waals surface area (Å²) >= 11 is 0. The second-order valence-electron chi connectivity index (χ2n) is 29.4. The van der Waals surface area contributed by atoms with Crippen molar-refractivity contribution in [3.8, 4) is 0 Å². The van der Waals surface area contributed by atoms with Crippen LogP contribution in [0.3, 0.4) is 0 Å². The minimum absolute atomic E-state index is 0.0527. The fourth-order valence-corrected chi connectivity index (χ4v) is 17.9. The summed E-state index contributed by atoms with van der Waals surface area (Å²) in [5, 5.41) is 135. The molecule has 8 fully saturated rings. The fourth-order valence-electron chi connectivity index (χ4n) is 17.9. The number of hydrogen-bond acceptors (Lipinski definition) is 26. The van der Waals surface area contributed by atoms with Crippen LogP contribution in [-0.2, 0) is 71.3 Å². The van der Waals surface area contributed by atoms with Gasteiger partial charge in [0.25, 0.3) is 0 Å². The lowest BCUT2D eigenvalue weighted by molar-refractivity contribution is -0.432. The number of aliphatic hydroxyl groups excluding tert-OH is 10. The number of carbonyl (C=O) groups excluding carboxylic acids is 3. The lowest BCUT2D eigenvalue weighted by Gasteiger charge is -2.72. The molecular weight excluding hydrogens is 1210 g/mol. The highest BCUT2D eigenvalue weighted by Crippen LogP contribution is 2.76. The first-order valence-corrected chi connectivity index (χ1v) is 32.3. The average molecular weight is 1310 g/mol. The largest absolute Gasteiger partial charge is 0.479 e. The number of allylic oxidation sites excluding steroid dienone is 4. The second-order valence-corrected chi connectivity index (χ2v) is 29.4. The van der Waals surface area contributed by atoms with Crippen molar-refractivity contribution in [3.63, 3.8) is 0 Å². The van der Waals surface area contributed by atoms with Gasteiger partial charge in [0, 0.05) is 24.5 Å². The van der Waals surface area contributed by atoms with Crippen LogP contribution in [0.1, 0.15) is 141 Å². The van der Waals surface area contributed by atoms with Crippen LogP contribution in [0.5, 0.6) is 0 Å². The van der Waals surface area contributed by atoms with Gasteiger partial charge in [-0.15, -0.1) is 0 Å². The van der Waals surface area contributed by atoms with Crippen molar-refractivity contribution in [1.82, 2.24) is 0 Å². The van der Waals surface area contributed by atoms with Gasteiger partial charge in [0.1, 0.15) is 61.0 Å². The Balaban J connectivity index is 1.01. The lowest BCUT2D eigenvalue weighted by atomic mass is 9.33. The second kappa shape index (κ2) is 26.6. The maximum atomic E-state index is 13.5. The van der Waals surface area contributed by atoms with E-state index in [1.165, 1.54) is 19.9 Å². The highest BCUT2D eigenvalue weighted by atomic mass is 16.8. The Bertz CT molecular complexity index is 2810. The normalized spacial score (nSPS) is 48.4. The van der Waals surface area contributed by atoms with E-state index in [0.29, 0.717) is 32.1 Å². The third-order valence-corrected chi connectivity index (χ3v) is 23.6. The summed E-state index contributed by atoms with van der Waals surface area (Å²) in [4.78, 5) is 53.0. The minimum atomic E-state index is -2.90. The van der Waals surface area contributed by atoms with E-state index in [-0.39, 0.29) is 35.8 Å². The SMILES string of the molecule is C/C=C(/C)C(=O)OC1C(O)[C@H](O[C@H]2[C@H](OC(C)=O)[C@@]3(CO)C(CC2(C)C)C2=CCC4[C@@]5(C)CC[C@H](O[C@@H]6OC(C(=O)O)CC(O)(OC7O[C@@H](CO)C(O)C7O)C6O[C@@H]6OC(CO)[C@H](O)C(O)C6O)C(C)(C)C5CC[C@@]4(C)[C@]2(C)C[C@H]3O)OC(C)[C@@H]1OC(=O)/C(C)=C\C. The van der Waals surface area contributed by atoms with E-state index >= 15 is 0 Å². The number of carboxylic acids is 1. The Kier molecular flexibility index (Phi) is 21.0. The molecule has 27 heteroatoms. The molecule has 5 aliphatic carbocycles. The number of rotatable bonds is 17.